The molecule has 0 saturated heterocycles. The average molecular weight is 258 g/mol. The van der Waals surface area contributed by atoms with Crippen LogP contribution in [0, 0.1) is 6.92 Å². The maximum atomic E-state index is 10.9. The minimum absolute atomic E-state index is 0.0626. The molecule has 14 heavy (non-hydrogen) atoms. The van der Waals surface area contributed by atoms with Crippen molar-refractivity contribution in [2.75, 3.05) is 18.9 Å². The van der Waals surface area contributed by atoms with Gasteiger partial charge >= 0.3 is 0 Å². The van der Waals surface area contributed by atoms with Crippen molar-refractivity contribution in [3.05, 3.63) is 22.3 Å². The molecule has 1 aromatic heterocycles. The molecule has 0 aliphatic rings. The van der Waals surface area contributed by atoms with Crippen LogP contribution in [0.2, 0.25) is 0 Å². The largest absolute Gasteiger partial charge is 0.361 e. The SMILES string of the molecule is CNC(=O)CNc1cc(C)c(Br)cn1. The first kappa shape index (κ1) is 11.0. The minimum atomic E-state index is -0.0626. The average Bonchev–Trinajstić information content (AvgIpc) is 2.19. The van der Waals surface area contributed by atoms with Crippen LogP contribution in [-0.4, -0.2) is 24.5 Å². The maximum absolute atomic E-state index is 10.9. The molecule has 0 spiro atoms. The van der Waals surface area contributed by atoms with Crippen molar-refractivity contribution in [3.63, 3.8) is 0 Å². The summed E-state index contributed by atoms with van der Waals surface area (Å²) in [5, 5.41) is 5.44. The Bertz CT molecular complexity index is 341. The number of carbonyl (C=O) groups is 1. The molecule has 1 heterocycles. The third kappa shape index (κ3) is 2.99. The van der Waals surface area contributed by atoms with Gasteiger partial charge in [-0.1, -0.05) is 0 Å². The number of anilines is 1. The van der Waals surface area contributed by atoms with E-state index in [2.05, 4.69) is 31.5 Å². The molecule has 1 amide bonds. The van der Waals surface area contributed by atoms with Crippen molar-refractivity contribution in [1.82, 2.24) is 10.3 Å². The number of nitrogens with one attached hydrogen (secondary N) is 2. The van der Waals surface area contributed by atoms with Crippen LogP contribution in [0.15, 0.2) is 16.7 Å². The lowest BCUT2D eigenvalue weighted by Gasteiger charge is -2.05. The topological polar surface area (TPSA) is 54.0 Å². The van der Waals surface area contributed by atoms with Crippen LogP contribution in [0.25, 0.3) is 0 Å². The molecule has 1 aromatic rings. The predicted molar refractivity (Wildman–Crippen MR) is 59.2 cm³/mol. The second-order valence-corrected chi connectivity index (χ2v) is 3.70. The summed E-state index contributed by atoms with van der Waals surface area (Å²) in [6.45, 7) is 2.21. The predicted octanol–water partition coefficient (Wildman–Crippen LogP) is 1.31. The zero-order valence-electron chi connectivity index (χ0n) is 8.10. The Morgan fingerprint density at radius 1 is 1.64 bits per heavy atom. The Labute approximate surface area is 91.2 Å². The smallest absolute Gasteiger partial charge is 0.239 e. The molecule has 4 nitrogen and oxygen atoms in total. The Balaban J connectivity index is 2.60. The third-order valence-corrected chi connectivity index (χ3v) is 2.59. The van der Waals surface area contributed by atoms with Gasteiger partial charge in [0.25, 0.3) is 0 Å². The fraction of sp³-hybridized carbons (Fsp3) is 0.333. The minimum Gasteiger partial charge on any atom is -0.361 e. The van der Waals surface area contributed by atoms with Crippen LogP contribution in [0.5, 0.6) is 0 Å². The molecule has 76 valence electrons. The summed E-state index contributed by atoms with van der Waals surface area (Å²) in [4.78, 5) is 15.0. The lowest BCUT2D eigenvalue weighted by Crippen LogP contribution is -2.26. The molecule has 0 aromatic carbocycles. The summed E-state index contributed by atoms with van der Waals surface area (Å²) in [5.41, 5.74) is 1.08. The van der Waals surface area contributed by atoms with Gasteiger partial charge in [0, 0.05) is 17.7 Å². The van der Waals surface area contributed by atoms with E-state index in [0.717, 1.165) is 10.0 Å². The quantitative estimate of drug-likeness (QED) is 0.859. The van der Waals surface area contributed by atoms with Crippen LogP contribution in [-0.2, 0) is 4.79 Å². The number of hydrogen-bond donors (Lipinski definition) is 2. The number of halogens is 1. The second kappa shape index (κ2) is 4.95. The normalized spacial score (nSPS) is 9.64. The zero-order valence-corrected chi connectivity index (χ0v) is 9.68. The summed E-state index contributed by atoms with van der Waals surface area (Å²) in [7, 11) is 1.60. The van der Waals surface area contributed by atoms with Gasteiger partial charge in [-0.15, -0.1) is 0 Å². The zero-order chi connectivity index (χ0) is 10.6. The highest BCUT2D eigenvalue weighted by Gasteiger charge is 2.00. The first-order chi connectivity index (χ1) is 6.63. The molecule has 0 atom stereocenters. The van der Waals surface area contributed by atoms with Gasteiger partial charge in [-0.2, -0.15) is 0 Å². The van der Waals surface area contributed by atoms with Crippen LogP contribution >= 0.6 is 15.9 Å². The van der Waals surface area contributed by atoms with Gasteiger partial charge in [0.1, 0.15) is 5.82 Å². The number of carbonyl (C=O) groups excluding carboxylic acids is 1. The van der Waals surface area contributed by atoms with Crippen LogP contribution in [0.1, 0.15) is 5.56 Å². The van der Waals surface area contributed by atoms with E-state index in [9.17, 15) is 4.79 Å². The fourth-order valence-corrected chi connectivity index (χ4v) is 1.11. The van der Waals surface area contributed by atoms with Crippen molar-refractivity contribution in [2.24, 2.45) is 0 Å². The summed E-state index contributed by atoms with van der Waals surface area (Å²) < 4.78 is 0.961. The molecule has 0 aliphatic heterocycles. The Morgan fingerprint density at radius 2 is 2.36 bits per heavy atom. The van der Waals surface area contributed by atoms with E-state index >= 15 is 0 Å². The molecule has 0 saturated carbocycles. The Kier molecular flexibility index (Phi) is 3.88. The first-order valence-corrected chi connectivity index (χ1v) is 4.99. The standard InChI is InChI=1S/C9H12BrN3O/c1-6-3-8(12-4-7(6)10)13-5-9(14)11-2/h3-4H,5H2,1-2H3,(H,11,14)(H,12,13). The van der Waals surface area contributed by atoms with Crippen molar-refractivity contribution >= 4 is 27.7 Å². The van der Waals surface area contributed by atoms with Crippen molar-refractivity contribution < 1.29 is 4.79 Å². The molecule has 0 radical (unpaired) electrons. The highest BCUT2D eigenvalue weighted by molar-refractivity contribution is 9.10. The second-order valence-electron chi connectivity index (χ2n) is 2.85. The van der Waals surface area contributed by atoms with E-state index in [-0.39, 0.29) is 12.5 Å². The van der Waals surface area contributed by atoms with Crippen molar-refractivity contribution in [3.8, 4) is 0 Å². The number of aromatic nitrogens is 1. The molecule has 5 heteroatoms. The molecule has 2 N–H and O–H groups in total. The number of nitrogens with zero attached hydrogens (tertiary/aromatic N) is 1. The van der Waals surface area contributed by atoms with E-state index in [0.29, 0.717) is 5.82 Å². The van der Waals surface area contributed by atoms with Gasteiger partial charge in [-0.3, -0.25) is 4.79 Å². The van der Waals surface area contributed by atoms with E-state index in [1.165, 1.54) is 0 Å². The number of aryl methyl sites for hydroxylation is 1. The van der Waals surface area contributed by atoms with E-state index in [4.69, 9.17) is 0 Å². The van der Waals surface area contributed by atoms with E-state index < -0.39 is 0 Å². The molecule has 1 rings (SSSR count). The van der Waals surface area contributed by atoms with Gasteiger partial charge in [0.15, 0.2) is 0 Å². The first-order valence-electron chi connectivity index (χ1n) is 4.20. The highest BCUT2D eigenvalue weighted by atomic mass is 79.9. The number of pyridine rings is 1. The third-order valence-electron chi connectivity index (χ3n) is 1.76. The highest BCUT2D eigenvalue weighted by Crippen LogP contribution is 2.16. The number of rotatable bonds is 3. The molecule has 0 fully saturated rings. The van der Waals surface area contributed by atoms with Crippen LogP contribution < -0.4 is 10.6 Å². The van der Waals surface area contributed by atoms with Gasteiger partial charge in [0.05, 0.1) is 6.54 Å². The molecular weight excluding hydrogens is 246 g/mol. The number of hydrogen-bond acceptors (Lipinski definition) is 3. The monoisotopic (exact) mass is 257 g/mol. The Morgan fingerprint density at radius 3 is 2.93 bits per heavy atom. The Hall–Kier alpha value is -1.10. The molecule has 0 aliphatic carbocycles. The summed E-state index contributed by atoms with van der Waals surface area (Å²) >= 11 is 3.35. The summed E-state index contributed by atoms with van der Waals surface area (Å²) in [6, 6.07) is 1.88. The molecule has 0 unspecified atom stereocenters. The van der Waals surface area contributed by atoms with Gasteiger partial charge in [-0.25, -0.2) is 4.98 Å². The number of likely N-dealkylation sites (N-methyl/N-ethyl adjacent to an activating group) is 1. The summed E-state index contributed by atoms with van der Waals surface area (Å²) in [6.07, 6.45) is 1.71. The van der Waals surface area contributed by atoms with Crippen molar-refractivity contribution in [1.29, 1.82) is 0 Å². The fourth-order valence-electron chi connectivity index (χ4n) is 0.895. The van der Waals surface area contributed by atoms with Crippen molar-refractivity contribution in [2.45, 2.75) is 6.92 Å². The lowest BCUT2D eigenvalue weighted by molar-refractivity contribution is -0.118. The van der Waals surface area contributed by atoms with Gasteiger partial charge in [0.2, 0.25) is 5.91 Å². The van der Waals surface area contributed by atoms with Crippen LogP contribution in [0.4, 0.5) is 5.82 Å². The maximum Gasteiger partial charge on any atom is 0.239 e. The van der Waals surface area contributed by atoms with Gasteiger partial charge in [-0.05, 0) is 34.5 Å². The van der Waals surface area contributed by atoms with E-state index in [1.807, 2.05) is 13.0 Å². The lowest BCUT2D eigenvalue weighted by atomic mass is 10.3. The molecular formula is C9H12BrN3O. The number of amides is 1. The van der Waals surface area contributed by atoms with E-state index in [1.54, 1.807) is 13.2 Å². The van der Waals surface area contributed by atoms with Crippen LogP contribution in [0.3, 0.4) is 0 Å². The van der Waals surface area contributed by atoms with Gasteiger partial charge < -0.3 is 10.6 Å². The molecule has 0 bridgehead atoms. The summed E-state index contributed by atoms with van der Waals surface area (Å²) in [5.74, 6) is 0.640.